The molecule has 0 atom stereocenters. The van der Waals surface area contributed by atoms with E-state index in [1.807, 2.05) is 30.9 Å². The zero-order chi connectivity index (χ0) is 13.5. The largest absolute Gasteiger partial charge is 0.338 e. The fourth-order valence-electron chi connectivity index (χ4n) is 1.81. The molecule has 0 radical (unpaired) electrons. The fraction of sp³-hybridized carbons (Fsp3) is 0.467. The van der Waals surface area contributed by atoms with Crippen molar-refractivity contribution in [3.63, 3.8) is 0 Å². The maximum Gasteiger partial charge on any atom is 0.225 e. The second-order valence-electron chi connectivity index (χ2n) is 4.72. The van der Waals surface area contributed by atoms with Gasteiger partial charge in [0.05, 0.1) is 11.6 Å². The molecule has 0 heterocycles. The summed E-state index contributed by atoms with van der Waals surface area (Å²) in [6, 6.07) is 9.50. The Hall–Kier alpha value is -1.82. The minimum absolute atomic E-state index is 0.0231. The average molecular weight is 244 g/mol. The highest BCUT2D eigenvalue weighted by Gasteiger charge is 2.16. The molecule has 3 heteroatoms. The van der Waals surface area contributed by atoms with Crippen molar-refractivity contribution in [2.24, 2.45) is 5.92 Å². The predicted molar refractivity (Wildman–Crippen MR) is 71.7 cm³/mol. The average Bonchev–Trinajstić information content (AvgIpc) is 2.38. The molecule has 0 aromatic heterocycles. The highest BCUT2D eigenvalue weighted by Crippen LogP contribution is 2.10. The van der Waals surface area contributed by atoms with E-state index in [9.17, 15) is 4.79 Å². The second kappa shape index (κ2) is 6.80. The first-order chi connectivity index (χ1) is 8.58. The van der Waals surface area contributed by atoms with Crippen LogP contribution in [0.2, 0.25) is 0 Å². The van der Waals surface area contributed by atoms with Gasteiger partial charge in [0.1, 0.15) is 0 Å². The van der Waals surface area contributed by atoms with Crippen molar-refractivity contribution in [2.75, 3.05) is 6.54 Å². The number of amides is 1. The van der Waals surface area contributed by atoms with Crippen molar-refractivity contribution in [3.8, 4) is 6.07 Å². The van der Waals surface area contributed by atoms with Gasteiger partial charge in [-0.2, -0.15) is 5.26 Å². The molecule has 0 saturated heterocycles. The standard InChI is InChI=1S/C15H20N2O/c1-4-9-17(15(18)12(2)3)11-14-7-5-13(10-16)6-8-14/h5-8,12H,4,9,11H2,1-3H3. The molecule has 0 unspecified atom stereocenters. The van der Waals surface area contributed by atoms with Gasteiger partial charge >= 0.3 is 0 Å². The minimum atomic E-state index is 0.0231. The van der Waals surface area contributed by atoms with E-state index in [1.165, 1.54) is 0 Å². The SMILES string of the molecule is CCCN(Cc1ccc(C#N)cc1)C(=O)C(C)C. The zero-order valence-electron chi connectivity index (χ0n) is 11.3. The molecule has 3 nitrogen and oxygen atoms in total. The van der Waals surface area contributed by atoms with Gasteiger partial charge in [0.25, 0.3) is 0 Å². The van der Waals surface area contributed by atoms with Crippen molar-refractivity contribution in [1.82, 2.24) is 4.90 Å². The van der Waals surface area contributed by atoms with Crippen LogP contribution in [-0.2, 0) is 11.3 Å². The van der Waals surface area contributed by atoms with E-state index in [-0.39, 0.29) is 11.8 Å². The number of carbonyl (C=O) groups is 1. The van der Waals surface area contributed by atoms with Crippen molar-refractivity contribution in [2.45, 2.75) is 33.7 Å². The van der Waals surface area contributed by atoms with E-state index in [4.69, 9.17) is 5.26 Å². The smallest absolute Gasteiger partial charge is 0.225 e. The topological polar surface area (TPSA) is 44.1 Å². The molecule has 0 aliphatic carbocycles. The first-order valence-corrected chi connectivity index (χ1v) is 6.36. The van der Waals surface area contributed by atoms with E-state index in [2.05, 4.69) is 13.0 Å². The van der Waals surface area contributed by atoms with E-state index in [0.717, 1.165) is 18.5 Å². The van der Waals surface area contributed by atoms with Crippen LogP contribution in [0.3, 0.4) is 0 Å². The molecule has 1 aromatic carbocycles. The van der Waals surface area contributed by atoms with Crippen LogP contribution in [0.5, 0.6) is 0 Å². The third-order valence-electron chi connectivity index (χ3n) is 2.76. The summed E-state index contributed by atoms with van der Waals surface area (Å²) in [5.41, 5.74) is 1.72. The highest BCUT2D eigenvalue weighted by atomic mass is 16.2. The molecule has 0 bridgehead atoms. The Labute approximate surface area is 109 Å². The Morgan fingerprint density at radius 3 is 2.39 bits per heavy atom. The first-order valence-electron chi connectivity index (χ1n) is 6.36. The molecular formula is C15H20N2O. The molecule has 1 amide bonds. The molecular weight excluding hydrogens is 224 g/mol. The van der Waals surface area contributed by atoms with Crippen LogP contribution in [0, 0.1) is 17.2 Å². The number of hydrogen-bond acceptors (Lipinski definition) is 2. The van der Waals surface area contributed by atoms with Gasteiger partial charge in [-0.1, -0.05) is 32.9 Å². The molecule has 0 aliphatic heterocycles. The van der Waals surface area contributed by atoms with Gasteiger partial charge in [0, 0.05) is 19.0 Å². The van der Waals surface area contributed by atoms with Crippen molar-refractivity contribution in [3.05, 3.63) is 35.4 Å². The van der Waals surface area contributed by atoms with E-state index in [1.54, 1.807) is 12.1 Å². The van der Waals surface area contributed by atoms with Crippen LogP contribution in [0.25, 0.3) is 0 Å². The molecule has 1 aromatic rings. The van der Waals surface area contributed by atoms with Gasteiger partial charge in [0.2, 0.25) is 5.91 Å². The van der Waals surface area contributed by atoms with Crippen molar-refractivity contribution < 1.29 is 4.79 Å². The second-order valence-corrected chi connectivity index (χ2v) is 4.72. The van der Waals surface area contributed by atoms with Gasteiger partial charge in [-0.3, -0.25) is 4.79 Å². The fourth-order valence-corrected chi connectivity index (χ4v) is 1.81. The van der Waals surface area contributed by atoms with Crippen molar-refractivity contribution >= 4 is 5.91 Å². The number of carbonyl (C=O) groups excluding carboxylic acids is 1. The Balaban J connectivity index is 2.76. The predicted octanol–water partition coefficient (Wildman–Crippen LogP) is 2.95. The van der Waals surface area contributed by atoms with Crippen molar-refractivity contribution in [1.29, 1.82) is 5.26 Å². The summed E-state index contributed by atoms with van der Waals surface area (Å²) in [4.78, 5) is 13.9. The molecule has 96 valence electrons. The summed E-state index contributed by atoms with van der Waals surface area (Å²) in [6.07, 6.45) is 0.953. The summed E-state index contributed by atoms with van der Waals surface area (Å²) in [5.74, 6) is 0.205. The van der Waals surface area contributed by atoms with Crippen LogP contribution in [-0.4, -0.2) is 17.4 Å². The summed E-state index contributed by atoms with van der Waals surface area (Å²) >= 11 is 0. The van der Waals surface area contributed by atoms with E-state index < -0.39 is 0 Å². The Morgan fingerprint density at radius 1 is 1.33 bits per heavy atom. The molecule has 18 heavy (non-hydrogen) atoms. The summed E-state index contributed by atoms with van der Waals surface area (Å²) < 4.78 is 0. The normalized spacial score (nSPS) is 10.2. The Kier molecular flexibility index (Phi) is 5.38. The molecule has 0 fully saturated rings. The van der Waals surface area contributed by atoms with E-state index in [0.29, 0.717) is 12.1 Å². The van der Waals surface area contributed by atoms with Gasteiger partial charge in [-0.15, -0.1) is 0 Å². The summed E-state index contributed by atoms with van der Waals surface area (Å²) in [5, 5.41) is 8.74. The summed E-state index contributed by atoms with van der Waals surface area (Å²) in [6.45, 7) is 7.31. The van der Waals surface area contributed by atoms with Crippen LogP contribution in [0.4, 0.5) is 0 Å². The van der Waals surface area contributed by atoms with Gasteiger partial charge in [0.15, 0.2) is 0 Å². The lowest BCUT2D eigenvalue weighted by atomic mass is 10.1. The number of hydrogen-bond donors (Lipinski definition) is 0. The lowest BCUT2D eigenvalue weighted by Gasteiger charge is -2.24. The molecule has 0 saturated carbocycles. The number of nitriles is 1. The molecule has 1 rings (SSSR count). The third-order valence-corrected chi connectivity index (χ3v) is 2.76. The number of benzene rings is 1. The van der Waals surface area contributed by atoms with E-state index >= 15 is 0 Å². The first kappa shape index (κ1) is 14.2. The highest BCUT2D eigenvalue weighted by molar-refractivity contribution is 5.78. The van der Waals surface area contributed by atoms with Crippen LogP contribution >= 0.6 is 0 Å². The number of rotatable bonds is 5. The van der Waals surface area contributed by atoms with Crippen LogP contribution in [0.15, 0.2) is 24.3 Å². The van der Waals surface area contributed by atoms with Gasteiger partial charge in [-0.05, 0) is 24.1 Å². The summed E-state index contributed by atoms with van der Waals surface area (Å²) in [7, 11) is 0. The Bertz CT molecular complexity index is 429. The van der Waals surface area contributed by atoms with Crippen LogP contribution < -0.4 is 0 Å². The number of nitrogens with zero attached hydrogens (tertiary/aromatic N) is 2. The quantitative estimate of drug-likeness (QED) is 0.799. The van der Waals surface area contributed by atoms with Crippen LogP contribution in [0.1, 0.15) is 38.3 Å². The molecule has 0 spiro atoms. The molecule has 0 aliphatic rings. The monoisotopic (exact) mass is 244 g/mol. The maximum atomic E-state index is 12.0. The third kappa shape index (κ3) is 3.89. The van der Waals surface area contributed by atoms with Gasteiger partial charge in [-0.25, -0.2) is 0 Å². The zero-order valence-corrected chi connectivity index (χ0v) is 11.3. The molecule has 0 N–H and O–H groups in total. The van der Waals surface area contributed by atoms with Gasteiger partial charge < -0.3 is 4.90 Å². The maximum absolute atomic E-state index is 12.0. The lowest BCUT2D eigenvalue weighted by Crippen LogP contribution is -2.34. The minimum Gasteiger partial charge on any atom is -0.338 e. The Morgan fingerprint density at radius 2 is 1.94 bits per heavy atom. The lowest BCUT2D eigenvalue weighted by molar-refractivity contribution is -0.135.